The number of aromatic nitrogens is 1. The Morgan fingerprint density at radius 1 is 1.31 bits per heavy atom. The molecule has 86 valence electrons. The van der Waals surface area contributed by atoms with Crippen molar-refractivity contribution in [3.63, 3.8) is 0 Å². The van der Waals surface area contributed by atoms with Crippen LogP contribution in [0, 0.1) is 0 Å². The van der Waals surface area contributed by atoms with Crippen molar-refractivity contribution >= 4 is 10.9 Å². The van der Waals surface area contributed by atoms with Crippen LogP contribution in [0.1, 0.15) is 6.42 Å². The maximum absolute atomic E-state index is 9.71. The monoisotopic (exact) mass is 221 g/mol. The Balaban J connectivity index is 2.07. The molecule has 2 rings (SSSR count). The van der Waals surface area contributed by atoms with Gasteiger partial charge in [0.25, 0.3) is 0 Å². The number of phenolic OH excluding ortho intramolecular Hbond substituents is 1. The first-order valence-electron chi connectivity index (χ1n) is 5.23. The molecule has 2 aromatic rings. The van der Waals surface area contributed by atoms with Gasteiger partial charge in [-0.15, -0.1) is 0 Å². The number of hydrogen-bond acceptors (Lipinski definition) is 3. The zero-order chi connectivity index (χ0) is 11.4. The van der Waals surface area contributed by atoms with Gasteiger partial charge in [-0.1, -0.05) is 0 Å². The summed E-state index contributed by atoms with van der Waals surface area (Å²) in [6, 6.07) is 5.40. The molecule has 1 aromatic heterocycles. The fraction of sp³-hybridized carbons (Fsp3) is 0.333. The number of H-pyrrole nitrogens is 1. The first-order chi connectivity index (χ1) is 7.81. The van der Waals surface area contributed by atoms with E-state index in [9.17, 15) is 5.11 Å². The molecule has 0 radical (unpaired) electrons. The zero-order valence-corrected chi connectivity index (χ0v) is 9.19. The van der Waals surface area contributed by atoms with Crippen LogP contribution in [-0.2, 0) is 4.74 Å². The van der Waals surface area contributed by atoms with E-state index in [1.165, 1.54) is 0 Å². The minimum Gasteiger partial charge on any atom is -0.504 e. The fourth-order valence-corrected chi connectivity index (χ4v) is 1.57. The van der Waals surface area contributed by atoms with Gasteiger partial charge in [-0.25, -0.2) is 0 Å². The Morgan fingerprint density at radius 2 is 2.19 bits per heavy atom. The molecule has 0 aliphatic carbocycles. The number of ether oxygens (including phenoxy) is 2. The Labute approximate surface area is 93.8 Å². The third-order valence-corrected chi connectivity index (χ3v) is 2.38. The van der Waals surface area contributed by atoms with Gasteiger partial charge in [0.1, 0.15) is 0 Å². The third kappa shape index (κ3) is 2.28. The van der Waals surface area contributed by atoms with Gasteiger partial charge in [-0.2, -0.15) is 0 Å². The van der Waals surface area contributed by atoms with Crippen molar-refractivity contribution in [1.82, 2.24) is 4.98 Å². The Hall–Kier alpha value is -1.68. The van der Waals surface area contributed by atoms with E-state index in [0.717, 1.165) is 17.3 Å². The quantitative estimate of drug-likeness (QED) is 0.761. The lowest BCUT2D eigenvalue weighted by molar-refractivity contribution is 0.171. The van der Waals surface area contributed by atoms with Crippen LogP contribution in [-0.4, -0.2) is 30.4 Å². The van der Waals surface area contributed by atoms with Gasteiger partial charge in [-0.3, -0.25) is 0 Å². The van der Waals surface area contributed by atoms with Crippen LogP contribution in [0.4, 0.5) is 0 Å². The molecule has 16 heavy (non-hydrogen) atoms. The summed E-state index contributed by atoms with van der Waals surface area (Å²) in [6.07, 6.45) is 2.64. The number of fused-ring (bicyclic) bond motifs is 1. The van der Waals surface area contributed by atoms with Gasteiger partial charge >= 0.3 is 0 Å². The summed E-state index contributed by atoms with van der Waals surface area (Å²) in [4.78, 5) is 3.07. The summed E-state index contributed by atoms with van der Waals surface area (Å²) in [5.41, 5.74) is 0.958. The van der Waals surface area contributed by atoms with E-state index in [1.54, 1.807) is 19.2 Å². The van der Waals surface area contributed by atoms with Crippen molar-refractivity contribution in [3.05, 3.63) is 24.4 Å². The van der Waals surface area contributed by atoms with Gasteiger partial charge in [0.2, 0.25) is 0 Å². The van der Waals surface area contributed by atoms with Gasteiger partial charge in [-0.05, 0) is 12.1 Å². The molecule has 0 saturated heterocycles. The van der Waals surface area contributed by atoms with Gasteiger partial charge in [0.05, 0.1) is 6.61 Å². The zero-order valence-electron chi connectivity index (χ0n) is 9.19. The molecule has 0 amide bonds. The van der Waals surface area contributed by atoms with Crippen molar-refractivity contribution < 1.29 is 14.6 Å². The normalized spacial score (nSPS) is 10.8. The first-order valence-corrected chi connectivity index (χ1v) is 5.23. The van der Waals surface area contributed by atoms with E-state index < -0.39 is 0 Å². The second-order valence-electron chi connectivity index (χ2n) is 3.58. The van der Waals surface area contributed by atoms with Crippen LogP contribution in [0.25, 0.3) is 10.9 Å². The van der Waals surface area contributed by atoms with Crippen molar-refractivity contribution in [2.75, 3.05) is 20.3 Å². The van der Waals surface area contributed by atoms with Crippen LogP contribution >= 0.6 is 0 Å². The van der Waals surface area contributed by atoms with Crippen LogP contribution in [0.3, 0.4) is 0 Å². The lowest BCUT2D eigenvalue weighted by atomic mass is 10.2. The predicted octanol–water partition coefficient (Wildman–Crippen LogP) is 2.29. The number of phenols is 1. The average molecular weight is 221 g/mol. The van der Waals surface area contributed by atoms with Crippen LogP contribution < -0.4 is 4.74 Å². The van der Waals surface area contributed by atoms with Gasteiger partial charge in [0, 0.05) is 43.3 Å². The second-order valence-corrected chi connectivity index (χ2v) is 3.58. The van der Waals surface area contributed by atoms with E-state index in [1.807, 2.05) is 12.3 Å². The Kier molecular flexibility index (Phi) is 3.31. The molecule has 4 heteroatoms. The van der Waals surface area contributed by atoms with Gasteiger partial charge < -0.3 is 19.6 Å². The minimum absolute atomic E-state index is 0.171. The number of methoxy groups -OCH3 is 1. The molecule has 1 heterocycles. The molecular weight excluding hydrogens is 206 g/mol. The SMILES string of the molecule is COCCCOc1cc2[nH]ccc2cc1O. The summed E-state index contributed by atoms with van der Waals surface area (Å²) in [6.45, 7) is 1.19. The number of rotatable bonds is 5. The van der Waals surface area contributed by atoms with Crippen molar-refractivity contribution in [2.24, 2.45) is 0 Å². The van der Waals surface area contributed by atoms with E-state index in [4.69, 9.17) is 9.47 Å². The van der Waals surface area contributed by atoms with Crippen LogP contribution in [0.2, 0.25) is 0 Å². The van der Waals surface area contributed by atoms with Gasteiger partial charge in [0.15, 0.2) is 11.5 Å². The van der Waals surface area contributed by atoms with Crippen molar-refractivity contribution in [3.8, 4) is 11.5 Å². The fourth-order valence-electron chi connectivity index (χ4n) is 1.57. The van der Waals surface area contributed by atoms with E-state index in [2.05, 4.69) is 4.98 Å². The molecule has 0 unspecified atom stereocenters. The molecule has 4 nitrogen and oxygen atoms in total. The summed E-state index contributed by atoms with van der Waals surface area (Å²) >= 11 is 0. The number of aromatic hydroxyl groups is 1. The van der Waals surface area contributed by atoms with E-state index in [0.29, 0.717) is 19.0 Å². The molecule has 0 aliphatic rings. The first kappa shape index (κ1) is 10.8. The van der Waals surface area contributed by atoms with Crippen molar-refractivity contribution in [2.45, 2.75) is 6.42 Å². The Morgan fingerprint density at radius 3 is 3.00 bits per heavy atom. The number of nitrogens with one attached hydrogen (secondary N) is 1. The highest BCUT2D eigenvalue weighted by Gasteiger charge is 2.05. The summed E-state index contributed by atoms with van der Waals surface area (Å²) < 4.78 is 10.4. The molecule has 0 atom stereocenters. The predicted molar refractivity (Wildman–Crippen MR) is 62.0 cm³/mol. The largest absolute Gasteiger partial charge is 0.504 e. The number of hydrogen-bond donors (Lipinski definition) is 2. The topological polar surface area (TPSA) is 54.5 Å². The average Bonchev–Trinajstić information content (AvgIpc) is 2.71. The van der Waals surface area contributed by atoms with Crippen LogP contribution in [0.5, 0.6) is 11.5 Å². The van der Waals surface area contributed by atoms with Crippen LogP contribution in [0.15, 0.2) is 24.4 Å². The molecule has 1 aromatic carbocycles. The van der Waals surface area contributed by atoms with Crippen molar-refractivity contribution in [1.29, 1.82) is 0 Å². The highest BCUT2D eigenvalue weighted by molar-refractivity contribution is 5.83. The highest BCUT2D eigenvalue weighted by atomic mass is 16.5. The third-order valence-electron chi connectivity index (χ3n) is 2.38. The molecule has 0 spiro atoms. The lowest BCUT2D eigenvalue weighted by Crippen LogP contribution is -2.01. The number of aromatic amines is 1. The number of benzene rings is 1. The highest BCUT2D eigenvalue weighted by Crippen LogP contribution is 2.30. The second kappa shape index (κ2) is 4.90. The summed E-state index contributed by atoms with van der Waals surface area (Å²) in [5, 5.41) is 10.7. The summed E-state index contributed by atoms with van der Waals surface area (Å²) in [7, 11) is 1.66. The smallest absolute Gasteiger partial charge is 0.163 e. The standard InChI is InChI=1S/C12H15NO3/c1-15-5-2-6-16-12-8-10-9(3-4-13-10)7-11(12)14/h3-4,7-8,13-14H,2,5-6H2,1H3. The maximum Gasteiger partial charge on any atom is 0.163 e. The van der Waals surface area contributed by atoms with E-state index >= 15 is 0 Å². The Bertz CT molecular complexity index is 464. The lowest BCUT2D eigenvalue weighted by Gasteiger charge is -2.07. The minimum atomic E-state index is 0.171. The molecular formula is C12H15NO3. The van der Waals surface area contributed by atoms with E-state index in [-0.39, 0.29) is 5.75 Å². The molecule has 0 aliphatic heterocycles. The molecule has 2 N–H and O–H groups in total. The summed E-state index contributed by atoms with van der Waals surface area (Å²) in [5.74, 6) is 0.676. The maximum atomic E-state index is 9.71. The molecule has 0 fully saturated rings. The molecule has 0 saturated carbocycles. The molecule has 0 bridgehead atoms.